The van der Waals surface area contributed by atoms with Crippen molar-refractivity contribution in [2.45, 2.75) is 13.3 Å². The Labute approximate surface area is 168 Å². The number of thiazole rings is 1. The van der Waals surface area contributed by atoms with Gasteiger partial charge in [0.1, 0.15) is 0 Å². The van der Waals surface area contributed by atoms with Gasteiger partial charge in [-0.05, 0) is 24.6 Å². The fraction of sp³-hybridized carbons (Fsp3) is 0.200. The van der Waals surface area contributed by atoms with Crippen molar-refractivity contribution in [3.05, 3.63) is 65.0 Å². The third-order valence-electron chi connectivity index (χ3n) is 4.26. The molecule has 1 amide bonds. The molecule has 8 heteroatoms. The van der Waals surface area contributed by atoms with Gasteiger partial charge in [0, 0.05) is 18.0 Å². The lowest BCUT2D eigenvalue weighted by molar-refractivity contribution is -0.115. The lowest BCUT2D eigenvalue weighted by Crippen LogP contribution is -2.24. The fourth-order valence-corrected chi connectivity index (χ4v) is 3.79. The number of sulfonamides is 1. The summed E-state index contributed by atoms with van der Waals surface area (Å²) in [5, 5.41) is 5.22. The molecule has 2 aromatic carbocycles. The van der Waals surface area contributed by atoms with Gasteiger partial charge >= 0.3 is 0 Å². The van der Waals surface area contributed by atoms with Crippen molar-refractivity contribution in [2.24, 2.45) is 0 Å². The van der Waals surface area contributed by atoms with E-state index in [4.69, 9.17) is 0 Å². The van der Waals surface area contributed by atoms with E-state index in [1.807, 2.05) is 48.7 Å². The standard InChI is InChI=1S/C20H21N3O3S2/c1-14-4-6-15(7-5-14)12-19(24)22-20-21-18(13-27-20)16-8-10-17(11-9-16)23(2)28(3,25)26/h4-11,13H,12H2,1-3H3,(H,21,22,24). The highest BCUT2D eigenvalue weighted by atomic mass is 32.2. The lowest BCUT2D eigenvalue weighted by Gasteiger charge is -2.16. The number of hydrogen-bond acceptors (Lipinski definition) is 5. The first-order chi connectivity index (χ1) is 13.2. The normalized spacial score (nSPS) is 11.2. The summed E-state index contributed by atoms with van der Waals surface area (Å²) >= 11 is 1.35. The number of amides is 1. The minimum absolute atomic E-state index is 0.116. The van der Waals surface area contributed by atoms with Crippen molar-refractivity contribution in [2.75, 3.05) is 22.9 Å². The first-order valence-electron chi connectivity index (χ1n) is 8.57. The third-order valence-corrected chi connectivity index (χ3v) is 6.22. The Bertz CT molecular complexity index is 1070. The van der Waals surface area contributed by atoms with E-state index in [-0.39, 0.29) is 5.91 Å². The Morgan fingerprint density at radius 2 is 1.75 bits per heavy atom. The number of nitrogens with zero attached hydrogens (tertiary/aromatic N) is 2. The van der Waals surface area contributed by atoms with Crippen LogP contribution in [0.25, 0.3) is 11.3 Å². The maximum atomic E-state index is 12.2. The molecule has 0 atom stereocenters. The van der Waals surface area contributed by atoms with Gasteiger partial charge in [0.15, 0.2) is 5.13 Å². The van der Waals surface area contributed by atoms with E-state index in [1.54, 1.807) is 12.1 Å². The predicted octanol–water partition coefficient (Wildman–Crippen LogP) is 3.70. The van der Waals surface area contributed by atoms with Crippen LogP contribution in [0.2, 0.25) is 0 Å². The number of carbonyl (C=O) groups is 1. The number of anilines is 2. The molecule has 0 aliphatic heterocycles. The second-order valence-electron chi connectivity index (χ2n) is 6.53. The quantitative estimate of drug-likeness (QED) is 0.666. The molecule has 0 bridgehead atoms. The Balaban J connectivity index is 1.66. The first kappa shape index (κ1) is 20.0. The molecule has 28 heavy (non-hydrogen) atoms. The minimum Gasteiger partial charge on any atom is -0.302 e. The topological polar surface area (TPSA) is 79.4 Å². The Hall–Kier alpha value is -2.71. The highest BCUT2D eigenvalue weighted by Crippen LogP contribution is 2.27. The highest BCUT2D eigenvalue weighted by molar-refractivity contribution is 7.92. The van der Waals surface area contributed by atoms with Crippen molar-refractivity contribution in [3.8, 4) is 11.3 Å². The van der Waals surface area contributed by atoms with Crippen LogP contribution < -0.4 is 9.62 Å². The van der Waals surface area contributed by atoms with Gasteiger partial charge in [-0.3, -0.25) is 9.10 Å². The van der Waals surface area contributed by atoms with Crippen LogP contribution in [0.15, 0.2) is 53.9 Å². The zero-order chi connectivity index (χ0) is 20.3. The van der Waals surface area contributed by atoms with Crippen LogP contribution in [0.4, 0.5) is 10.8 Å². The maximum Gasteiger partial charge on any atom is 0.231 e. The Morgan fingerprint density at radius 3 is 2.36 bits per heavy atom. The highest BCUT2D eigenvalue weighted by Gasteiger charge is 2.13. The van der Waals surface area contributed by atoms with Gasteiger partial charge in [0.25, 0.3) is 0 Å². The van der Waals surface area contributed by atoms with Gasteiger partial charge in [0.05, 0.1) is 24.1 Å². The summed E-state index contributed by atoms with van der Waals surface area (Å²) in [5.74, 6) is -0.116. The van der Waals surface area contributed by atoms with Crippen molar-refractivity contribution in [1.29, 1.82) is 0 Å². The van der Waals surface area contributed by atoms with Crippen molar-refractivity contribution < 1.29 is 13.2 Å². The van der Waals surface area contributed by atoms with E-state index in [1.165, 1.54) is 22.7 Å². The van der Waals surface area contributed by atoms with Crippen molar-refractivity contribution in [3.63, 3.8) is 0 Å². The molecule has 146 valence electrons. The predicted molar refractivity (Wildman–Crippen MR) is 114 cm³/mol. The molecular weight excluding hydrogens is 394 g/mol. The van der Waals surface area contributed by atoms with E-state index in [2.05, 4.69) is 10.3 Å². The summed E-state index contributed by atoms with van der Waals surface area (Å²) < 4.78 is 24.4. The van der Waals surface area contributed by atoms with E-state index in [0.717, 1.165) is 28.6 Å². The zero-order valence-corrected chi connectivity index (χ0v) is 17.5. The summed E-state index contributed by atoms with van der Waals surface area (Å²) in [6.45, 7) is 2.01. The van der Waals surface area contributed by atoms with Crippen LogP contribution in [0.1, 0.15) is 11.1 Å². The summed E-state index contributed by atoms with van der Waals surface area (Å²) in [4.78, 5) is 16.7. The second kappa shape index (κ2) is 8.12. The van der Waals surface area contributed by atoms with Crippen LogP contribution >= 0.6 is 11.3 Å². The smallest absolute Gasteiger partial charge is 0.231 e. The molecule has 6 nitrogen and oxygen atoms in total. The van der Waals surface area contributed by atoms with Crippen molar-refractivity contribution >= 4 is 38.1 Å². The van der Waals surface area contributed by atoms with E-state index >= 15 is 0 Å². The third kappa shape index (κ3) is 4.96. The van der Waals surface area contributed by atoms with Gasteiger partial charge in [-0.25, -0.2) is 13.4 Å². The summed E-state index contributed by atoms with van der Waals surface area (Å²) in [5.41, 5.74) is 4.26. The molecular formula is C20H21N3O3S2. The number of aromatic nitrogens is 1. The van der Waals surface area contributed by atoms with Gasteiger partial charge in [-0.1, -0.05) is 42.0 Å². The van der Waals surface area contributed by atoms with Crippen LogP contribution in [0.3, 0.4) is 0 Å². The van der Waals surface area contributed by atoms with Crippen LogP contribution in [-0.4, -0.2) is 32.6 Å². The molecule has 1 aromatic heterocycles. The minimum atomic E-state index is -3.30. The van der Waals surface area contributed by atoms with E-state index < -0.39 is 10.0 Å². The fourth-order valence-electron chi connectivity index (χ4n) is 2.55. The SMILES string of the molecule is Cc1ccc(CC(=O)Nc2nc(-c3ccc(N(C)S(C)(=O)=O)cc3)cs2)cc1. The Morgan fingerprint density at radius 1 is 1.11 bits per heavy atom. The molecule has 0 aliphatic rings. The molecule has 0 fully saturated rings. The molecule has 0 aliphatic carbocycles. The first-order valence-corrected chi connectivity index (χ1v) is 11.3. The number of rotatable bonds is 6. The molecule has 0 saturated carbocycles. The number of benzene rings is 2. The van der Waals surface area contributed by atoms with Crippen LogP contribution in [0.5, 0.6) is 0 Å². The van der Waals surface area contributed by atoms with E-state index in [0.29, 0.717) is 17.2 Å². The van der Waals surface area contributed by atoms with Crippen molar-refractivity contribution in [1.82, 2.24) is 4.98 Å². The summed E-state index contributed by atoms with van der Waals surface area (Å²) in [6, 6.07) is 14.9. The number of aryl methyl sites for hydroxylation is 1. The van der Waals surface area contributed by atoms with Gasteiger partial charge in [-0.15, -0.1) is 11.3 Å². The maximum absolute atomic E-state index is 12.2. The number of carbonyl (C=O) groups excluding carboxylic acids is 1. The molecule has 1 N–H and O–H groups in total. The average molecular weight is 416 g/mol. The molecule has 0 unspecified atom stereocenters. The summed E-state index contributed by atoms with van der Waals surface area (Å²) in [6.07, 6.45) is 1.45. The van der Waals surface area contributed by atoms with Gasteiger partial charge < -0.3 is 5.32 Å². The molecule has 3 rings (SSSR count). The zero-order valence-electron chi connectivity index (χ0n) is 15.8. The average Bonchev–Trinajstić information content (AvgIpc) is 3.10. The summed E-state index contributed by atoms with van der Waals surface area (Å²) in [7, 11) is -1.79. The van der Waals surface area contributed by atoms with E-state index in [9.17, 15) is 13.2 Å². The molecule has 1 heterocycles. The van der Waals surface area contributed by atoms with Gasteiger partial charge in [-0.2, -0.15) is 0 Å². The van der Waals surface area contributed by atoms with Crippen LogP contribution in [-0.2, 0) is 21.2 Å². The Kier molecular flexibility index (Phi) is 5.81. The largest absolute Gasteiger partial charge is 0.302 e. The second-order valence-corrected chi connectivity index (χ2v) is 9.40. The molecule has 0 saturated heterocycles. The monoisotopic (exact) mass is 415 g/mol. The van der Waals surface area contributed by atoms with Crippen LogP contribution in [0, 0.1) is 6.92 Å². The number of hydrogen-bond donors (Lipinski definition) is 1. The molecule has 3 aromatic rings. The lowest BCUT2D eigenvalue weighted by atomic mass is 10.1. The van der Waals surface area contributed by atoms with Gasteiger partial charge in [0.2, 0.25) is 15.9 Å². The molecule has 0 spiro atoms. The number of nitrogens with one attached hydrogen (secondary N) is 1. The molecule has 0 radical (unpaired) electrons.